The summed E-state index contributed by atoms with van der Waals surface area (Å²) in [5, 5.41) is 12.9. The fourth-order valence-corrected chi connectivity index (χ4v) is 5.44. The van der Waals surface area contributed by atoms with Crippen molar-refractivity contribution in [1.29, 1.82) is 0 Å². The molecule has 190 valence electrons. The summed E-state index contributed by atoms with van der Waals surface area (Å²) in [6, 6.07) is 8.63. The Morgan fingerprint density at radius 2 is 1.86 bits per heavy atom. The van der Waals surface area contributed by atoms with E-state index in [9.17, 15) is 12.8 Å². The van der Waals surface area contributed by atoms with Gasteiger partial charge in [0, 0.05) is 40.7 Å². The number of fused-ring (bicyclic) bond motifs is 2. The summed E-state index contributed by atoms with van der Waals surface area (Å²) in [6.45, 7) is 1.98. The summed E-state index contributed by atoms with van der Waals surface area (Å²) in [4.78, 5) is 12.5. The van der Waals surface area contributed by atoms with Gasteiger partial charge in [0.1, 0.15) is 11.5 Å². The third kappa shape index (κ3) is 4.85. The number of nitrogens with zero attached hydrogens (tertiary/aromatic N) is 3. The van der Waals surface area contributed by atoms with E-state index in [0.29, 0.717) is 17.0 Å². The van der Waals surface area contributed by atoms with E-state index >= 15 is 0 Å². The molecule has 1 aromatic carbocycles. The molecule has 6 rings (SSSR count). The number of nitrogens with one attached hydrogen (secondary N) is 4. The summed E-state index contributed by atoms with van der Waals surface area (Å²) in [5.41, 5.74) is 6.18. The van der Waals surface area contributed by atoms with Gasteiger partial charge in [-0.15, -0.1) is 0 Å². The maximum absolute atomic E-state index is 14.5. The fraction of sp³-hybridized carbons (Fsp3) is 0.269. The predicted molar refractivity (Wildman–Crippen MR) is 141 cm³/mol. The maximum atomic E-state index is 14.5. The van der Waals surface area contributed by atoms with Crippen molar-refractivity contribution in [3.05, 3.63) is 66.0 Å². The Balaban J connectivity index is 1.40. The smallest absolute Gasteiger partial charge is 0.209 e. The van der Waals surface area contributed by atoms with Crippen LogP contribution in [-0.4, -0.2) is 52.9 Å². The van der Waals surface area contributed by atoms with Crippen molar-refractivity contribution in [2.24, 2.45) is 0 Å². The first-order valence-corrected chi connectivity index (χ1v) is 14.0. The highest BCUT2D eigenvalue weighted by Crippen LogP contribution is 2.35. The van der Waals surface area contributed by atoms with Crippen LogP contribution in [0.15, 0.2) is 48.9 Å². The Morgan fingerprint density at radius 3 is 2.68 bits per heavy atom. The molecular weight excluding hydrogens is 493 g/mol. The summed E-state index contributed by atoms with van der Waals surface area (Å²) >= 11 is 0. The van der Waals surface area contributed by atoms with Gasteiger partial charge in [-0.25, -0.2) is 17.5 Å². The normalized spacial score (nSPS) is 15.1. The number of sulfonamides is 1. The van der Waals surface area contributed by atoms with Crippen LogP contribution < -0.4 is 10.0 Å². The van der Waals surface area contributed by atoms with E-state index in [-0.39, 0.29) is 6.54 Å². The second-order valence-corrected chi connectivity index (χ2v) is 11.4. The molecule has 9 nitrogen and oxygen atoms in total. The van der Waals surface area contributed by atoms with Gasteiger partial charge in [0.15, 0.2) is 0 Å². The molecule has 0 unspecified atom stereocenters. The van der Waals surface area contributed by atoms with E-state index in [4.69, 9.17) is 0 Å². The Morgan fingerprint density at radius 1 is 1.03 bits per heavy atom. The van der Waals surface area contributed by atoms with Crippen LogP contribution in [0.25, 0.3) is 44.3 Å². The number of hydrogen-bond donors (Lipinski definition) is 4. The molecule has 4 N–H and O–H groups in total. The van der Waals surface area contributed by atoms with Gasteiger partial charge >= 0.3 is 0 Å². The van der Waals surface area contributed by atoms with Crippen molar-refractivity contribution in [1.82, 2.24) is 35.2 Å². The van der Waals surface area contributed by atoms with Crippen molar-refractivity contribution in [3.63, 3.8) is 0 Å². The molecule has 0 bridgehead atoms. The molecule has 0 amide bonds. The van der Waals surface area contributed by atoms with Crippen molar-refractivity contribution in [2.45, 2.75) is 25.3 Å². The highest BCUT2D eigenvalue weighted by Gasteiger charge is 2.20. The number of halogens is 1. The molecule has 4 aromatic heterocycles. The van der Waals surface area contributed by atoms with E-state index in [1.54, 1.807) is 18.5 Å². The second-order valence-electron chi connectivity index (χ2n) is 9.52. The van der Waals surface area contributed by atoms with Gasteiger partial charge in [-0.1, -0.05) is 0 Å². The molecular formula is C26H26FN7O2S. The van der Waals surface area contributed by atoms with Crippen LogP contribution in [0.5, 0.6) is 0 Å². The minimum absolute atomic E-state index is 0.00191. The average molecular weight is 520 g/mol. The molecule has 1 aliphatic rings. The van der Waals surface area contributed by atoms with Gasteiger partial charge < -0.3 is 10.3 Å². The SMILES string of the molecule is CS(=O)(=O)NCc1cc(F)cc(-c2cncc3[nH]c(-c4n[nH]c5cnc(C6CCNCC6)cc45)cc23)c1. The van der Waals surface area contributed by atoms with Crippen LogP contribution in [0.3, 0.4) is 0 Å². The fourth-order valence-electron chi connectivity index (χ4n) is 5.01. The zero-order chi connectivity index (χ0) is 25.6. The number of aromatic amines is 2. The van der Waals surface area contributed by atoms with Crippen LogP contribution in [0.1, 0.15) is 30.0 Å². The Hall–Kier alpha value is -3.67. The maximum Gasteiger partial charge on any atom is 0.209 e. The standard InChI is InChI=1S/C26H26FN7O2S/c1-37(35,36)31-11-15-6-17(8-18(27)7-15)21-12-29-13-24-19(21)9-23(32-24)26-20-10-22(16-2-4-28-5-3-16)30-14-25(20)33-34-26/h6-10,12-14,16,28,31-32H,2-5,11H2,1H3,(H,33,34). The highest BCUT2D eigenvalue weighted by atomic mass is 32.2. The first kappa shape index (κ1) is 23.7. The van der Waals surface area contributed by atoms with E-state index in [1.807, 2.05) is 12.3 Å². The lowest BCUT2D eigenvalue weighted by molar-refractivity contribution is 0.453. The molecule has 0 atom stereocenters. The zero-order valence-corrected chi connectivity index (χ0v) is 21.0. The largest absolute Gasteiger partial charge is 0.352 e. The summed E-state index contributed by atoms with van der Waals surface area (Å²) in [7, 11) is -3.40. The lowest BCUT2D eigenvalue weighted by atomic mass is 9.93. The molecule has 5 aromatic rings. The number of benzene rings is 1. The monoisotopic (exact) mass is 519 g/mol. The summed E-state index contributed by atoms with van der Waals surface area (Å²) in [5.74, 6) is -0.0296. The van der Waals surface area contributed by atoms with E-state index in [0.717, 1.165) is 76.6 Å². The second kappa shape index (κ2) is 9.33. The Labute approximate surface area is 213 Å². The first-order chi connectivity index (χ1) is 17.8. The number of piperidine rings is 1. The molecule has 1 fully saturated rings. The number of rotatable bonds is 6. The van der Waals surface area contributed by atoms with Crippen molar-refractivity contribution in [3.8, 4) is 22.5 Å². The molecule has 11 heteroatoms. The van der Waals surface area contributed by atoms with Gasteiger partial charge in [-0.2, -0.15) is 5.10 Å². The lowest BCUT2D eigenvalue weighted by Gasteiger charge is -2.22. The molecule has 0 aliphatic carbocycles. The number of hydrogen-bond acceptors (Lipinski definition) is 6. The van der Waals surface area contributed by atoms with Crippen molar-refractivity contribution >= 4 is 31.8 Å². The van der Waals surface area contributed by atoms with Gasteiger partial charge in [-0.3, -0.25) is 15.1 Å². The van der Waals surface area contributed by atoms with E-state index < -0.39 is 15.8 Å². The molecule has 0 radical (unpaired) electrons. The first-order valence-electron chi connectivity index (χ1n) is 12.1. The molecule has 37 heavy (non-hydrogen) atoms. The lowest BCUT2D eigenvalue weighted by Crippen LogP contribution is -2.27. The average Bonchev–Trinajstić information content (AvgIpc) is 3.51. The quantitative estimate of drug-likeness (QED) is 0.270. The highest BCUT2D eigenvalue weighted by molar-refractivity contribution is 7.88. The van der Waals surface area contributed by atoms with Gasteiger partial charge in [0.2, 0.25) is 10.0 Å². The number of pyridine rings is 2. The Bertz CT molecular complexity index is 1720. The number of aromatic nitrogens is 5. The third-order valence-corrected chi connectivity index (χ3v) is 7.50. The van der Waals surface area contributed by atoms with Crippen LogP contribution in [0.2, 0.25) is 0 Å². The molecule has 1 saturated heterocycles. The summed E-state index contributed by atoms with van der Waals surface area (Å²) in [6.07, 6.45) is 8.45. The van der Waals surface area contributed by atoms with Crippen molar-refractivity contribution < 1.29 is 12.8 Å². The van der Waals surface area contributed by atoms with Crippen LogP contribution in [0.4, 0.5) is 4.39 Å². The molecule has 0 spiro atoms. The van der Waals surface area contributed by atoms with Crippen molar-refractivity contribution in [2.75, 3.05) is 19.3 Å². The number of H-pyrrole nitrogens is 2. The van der Waals surface area contributed by atoms with Gasteiger partial charge in [-0.05, 0) is 67.4 Å². The van der Waals surface area contributed by atoms with Crippen LogP contribution in [-0.2, 0) is 16.6 Å². The molecule has 0 saturated carbocycles. The summed E-state index contributed by atoms with van der Waals surface area (Å²) < 4.78 is 39.9. The van der Waals surface area contributed by atoms with E-state index in [1.165, 1.54) is 12.1 Å². The topological polar surface area (TPSA) is 128 Å². The van der Waals surface area contributed by atoms with Gasteiger partial charge in [0.05, 0.1) is 35.4 Å². The molecule has 1 aliphatic heterocycles. The van der Waals surface area contributed by atoms with Crippen LogP contribution in [0, 0.1) is 5.82 Å². The zero-order valence-electron chi connectivity index (χ0n) is 20.2. The predicted octanol–water partition coefficient (Wildman–Crippen LogP) is 3.82. The third-order valence-electron chi connectivity index (χ3n) is 6.83. The minimum atomic E-state index is -3.40. The van der Waals surface area contributed by atoms with Gasteiger partial charge in [0.25, 0.3) is 0 Å². The Kier molecular flexibility index (Phi) is 5.98. The molecule has 5 heterocycles. The van der Waals surface area contributed by atoms with Crippen LogP contribution >= 0.6 is 0 Å². The minimum Gasteiger partial charge on any atom is -0.352 e. The van der Waals surface area contributed by atoms with E-state index in [2.05, 4.69) is 41.3 Å².